The quantitative estimate of drug-likeness (QED) is 0.776. The molecule has 0 aliphatic carbocycles. The number of aliphatic hydroxyl groups excluding tert-OH is 1. The fourth-order valence-electron chi connectivity index (χ4n) is 2.03. The maximum absolute atomic E-state index is 10.9. The number of likely N-dealkylation sites (N-methyl/N-ethyl adjacent to an activating group) is 1. The van der Waals surface area contributed by atoms with Gasteiger partial charge in [0, 0.05) is 24.1 Å². The molecule has 1 aromatic heterocycles. The number of aliphatic hydroxyl groups is 1. The Labute approximate surface area is 133 Å². The first kappa shape index (κ1) is 16.1. The molecular weight excluding hydrogens is 304 g/mol. The minimum atomic E-state index is -0.958. The van der Waals surface area contributed by atoms with Crippen molar-refractivity contribution in [2.75, 3.05) is 26.8 Å². The molecule has 2 aromatic rings. The predicted octanol–water partition coefficient (Wildman–Crippen LogP) is 1.30. The van der Waals surface area contributed by atoms with Crippen molar-refractivity contribution in [1.82, 2.24) is 9.88 Å². The van der Waals surface area contributed by atoms with E-state index in [2.05, 4.69) is 4.98 Å². The molecule has 0 unspecified atom stereocenters. The number of hydrogen-bond donors (Lipinski definition) is 2. The number of benzene rings is 1. The van der Waals surface area contributed by atoms with Gasteiger partial charge in [0.05, 0.1) is 12.1 Å². The normalized spacial score (nSPS) is 10.5. The molecule has 1 aromatic carbocycles. The van der Waals surface area contributed by atoms with Gasteiger partial charge in [-0.1, -0.05) is 30.4 Å². The molecule has 0 atom stereocenters. The van der Waals surface area contributed by atoms with Crippen LogP contribution in [0.4, 0.5) is 0 Å². The van der Waals surface area contributed by atoms with Gasteiger partial charge in [0.25, 0.3) is 0 Å². The Morgan fingerprint density at radius 1 is 1.41 bits per heavy atom. The number of carboxylic acid groups (broad SMARTS) is 1. The van der Waals surface area contributed by atoms with Gasteiger partial charge in [-0.05, 0) is 6.07 Å². The first-order valence-corrected chi connectivity index (χ1v) is 7.04. The molecule has 22 heavy (non-hydrogen) atoms. The summed E-state index contributed by atoms with van der Waals surface area (Å²) in [6.45, 7) is -0.183. The van der Waals surface area contributed by atoms with Crippen LogP contribution in [0.2, 0.25) is 0 Å². The summed E-state index contributed by atoms with van der Waals surface area (Å²) in [7, 11) is 1.62. The fraction of sp³-hybridized carbons (Fsp3) is 0.267. The van der Waals surface area contributed by atoms with Crippen molar-refractivity contribution >= 4 is 34.1 Å². The number of hydrogen-bond acceptors (Lipinski definition) is 5. The van der Waals surface area contributed by atoms with E-state index in [1.165, 1.54) is 4.90 Å². The third-order valence-electron chi connectivity index (χ3n) is 2.98. The number of fused-ring (bicyclic) bond motifs is 1. The molecule has 0 radical (unpaired) electrons. The molecule has 2 N–H and O–H groups in total. The van der Waals surface area contributed by atoms with Crippen LogP contribution < -0.4 is 4.74 Å². The molecular formula is C15H16N2O4S. The summed E-state index contributed by atoms with van der Waals surface area (Å²) in [5.41, 5.74) is 1.37. The molecule has 6 nitrogen and oxygen atoms in total. The first-order valence-electron chi connectivity index (χ1n) is 6.63. The van der Waals surface area contributed by atoms with E-state index in [1.54, 1.807) is 13.1 Å². The lowest BCUT2D eigenvalue weighted by Crippen LogP contribution is -2.31. The smallest absolute Gasteiger partial charge is 0.323 e. The lowest BCUT2D eigenvalue weighted by atomic mass is 10.1. The molecule has 0 saturated heterocycles. The summed E-state index contributed by atoms with van der Waals surface area (Å²) in [4.78, 5) is 17.1. The minimum Gasteiger partial charge on any atom is -0.480 e. The van der Waals surface area contributed by atoms with Gasteiger partial charge >= 0.3 is 5.97 Å². The van der Waals surface area contributed by atoms with Crippen LogP contribution in [-0.4, -0.2) is 57.9 Å². The third-order valence-corrected chi connectivity index (χ3v) is 3.52. The van der Waals surface area contributed by atoms with Crippen LogP contribution in [0.15, 0.2) is 30.3 Å². The van der Waals surface area contributed by atoms with Crippen molar-refractivity contribution in [3.05, 3.63) is 35.9 Å². The van der Waals surface area contributed by atoms with E-state index in [-0.39, 0.29) is 19.8 Å². The van der Waals surface area contributed by atoms with E-state index < -0.39 is 5.97 Å². The molecule has 0 saturated carbocycles. The number of carboxylic acids is 1. The Morgan fingerprint density at radius 3 is 2.82 bits per heavy atom. The Bertz CT molecular complexity index is 705. The summed E-state index contributed by atoms with van der Waals surface area (Å²) in [6.07, 6.45) is 0. The zero-order valence-electron chi connectivity index (χ0n) is 12.0. The predicted molar refractivity (Wildman–Crippen MR) is 86.3 cm³/mol. The van der Waals surface area contributed by atoms with E-state index in [1.807, 2.05) is 24.3 Å². The van der Waals surface area contributed by atoms with E-state index in [9.17, 15) is 4.79 Å². The highest BCUT2D eigenvalue weighted by molar-refractivity contribution is 7.80. The largest absolute Gasteiger partial charge is 0.480 e. The van der Waals surface area contributed by atoms with Gasteiger partial charge in [0.15, 0.2) is 0 Å². The Hall–Kier alpha value is -2.25. The molecule has 116 valence electrons. The lowest BCUT2D eigenvalue weighted by Gasteiger charge is -2.19. The Balaban J connectivity index is 2.45. The van der Waals surface area contributed by atoms with Crippen LogP contribution in [0, 0.1) is 0 Å². The van der Waals surface area contributed by atoms with Gasteiger partial charge in [0.1, 0.15) is 18.1 Å². The number of nitrogens with zero attached hydrogens (tertiary/aromatic N) is 2. The average Bonchev–Trinajstić information content (AvgIpc) is 2.50. The summed E-state index contributed by atoms with van der Waals surface area (Å²) in [5, 5.41) is 18.6. The van der Waals surface area contributed by atoms with Crippen LogP contribution in [0.25, 0.3) is 10.9 Å². The molecule has 0 aliphatic rings. The second-order valence-corrected chi connectivity index (χ2v) is 5.04. The van der Waals surface area contributed by atoms with Gasteiger partial charge in [-0.2, -0.15) is 0 Å². The average molecular weight is 320 g/mol. The van der Waals surface area contributed by atoms with Crippen molar-refractivity contribution in [3.8, 4) is 5.88 Å². The second-order valence-electron chi connectivity index (χ2n) is 4.65. The van der Waals surface area contributed by atoms with Gasteiger partial charge in [-0.25, -0.2) is 4.98 Å². The molecule has 1 heterocycles. The number of para-hydroxylation sites is 1. The van der Waals surface area contributed by atoms with Crippen molar-refractivity contribution in [1.29, 1.82) is 0 Å². The fourth-order valence-corrected chi connectivity index (χ4v) is 2.27. The summed E-state index contributed by atoms with van der Waals surface area (Å²) in [5.74, 6) is -0.617. The van der Waals surface area contributed by atoms with Crippen molar-refractivity contribution in [2.45, 2.75) is 0 Å². The van der Waals surface area contributed by atoms with Crippen LogP contribution >= 0.6 is 12.2 Å². The molecule has 0 fully saturated rings. The topological polar surface area (TPSA) is 82.9 Å². The zero-order valence-corrected chi connectivity index (χ0v) is 12.8. The standard InChI is InChI=1S/C15H16N2O4S/c1-17(9-14(19)20)15(22)11-8-13(21-7-6-18)16-12-5-3-2-4-10(11)12/h2-5,8,18H,6-7,9H2,1H3,(H,19,20). The van der Waals surface area contributed by atoms with Gasteiger partial charge in [0.2, 0.25) is 5.88 Å². The highest BCUT2D eigenvalue weighted by Crippen LogP contribution is 2.23. The number of thiocarbonyl (C=S) groups is 1. The Kier molecular flexibility index (Phi) is 5.24. The number of aliphatic carboxylic acids is 1. The Morgan fingerprint density at radius 2 is 2.14 bits per heavy atom. The highest BCUT2D eigenvalue weighted by Gasteiger charge is 2.15. The summed E-state index contributed by atoms with van der Waals surface area (Å²) in [6, 6.07) is 9.07. The molecule has 0 aliphatic heterocycles. The van der Waals surface area contributed by atoms with Crippen LogP contribution in [0.3, 0.4) is 0 Å². The van der Waals surface area contributed by atoms with Crippen LogP contribution in [-0.2, 0) is 4.79 Å². The molecule has 0 amide bonds. The highest BCUT2D eigenvalue weighted by atomic mass is 32.1. The molecule has 2 rings (SSSR count). The molecule has 0 spiro atoms. The molecule has 7 heteroatoms. The second kappa shape index (κ2) is 7.15. The van der Waals surface area contributed by atoms with Gasteiger partial charge < -0.3 is 19.8 Å². The number of pyridine rings is 1. The number of ether oxygens (including phenoxy) is 1. The van der Waals surface area contributed by atoms with Crippen LogP contribution in [0.1, 0.15) is 5.56 Å². The third kappa shape index (κ3) is 3.69. The summed E-state index contributed by atoms with van der Waals surface area (Å²) >= 11 is 5.39. The first-order chi connectivity index (χ1) is 10.5. The summed E-state index contributed by atoms with van der Waals surface area (Å²) < 4.78 is 5.36. The van der Waals surface area contributed by atoms with Crippen molar-refractivity contribution < 1.29 is 19.7 Å². The van der Waals surface area contributed by atoms with E-state index in [4.69, 9.17) is 27.2 Å². The monoisotopic (exact) mass is 320 g/mol. The number of rotatable bonds is 6. The van der Waals surface area contributed by atoms with Crippen molar-refractivity contribution in [2.24, 2.45) is 0 Å². The maximum Gasteiger partial charge on any atom is 0.323 e. The maximum atomic E-state index is 10.9. The van der Waals surface area contributed by atoms with Gasteiger partial charge in [-0.15, -0.1) is 0 Å². The minimum absolute atomic E-state index is 0.118. The lowest BCUT2D eigenvalue weighted by molar-refractivity contribution is -0.137. The number of carbonyl (C=O) groups is 1. The zero-order chi connectivity index (χ0) is 16.1. The SMILES string of the molecule is CN(CC(=O)O)C(=S)c1cc(OCCO)nc2ccccc12. The van der Waals surface area contributed by atoms with E-state index in [0.717, 1.165) is 5.39 Å². The van der Waals surface area contributed by atoms with Crippen LogP contribution in [0.5, 0.6) is 5.88 Å². The van der Waals surface area contributed by atoms with Gasteiger partial charge in [-0.3, -0.25) is 4.79 Å². The molecule has 0 bridgehead atoms. The van der Waals surface area contributed by atoms with E-state index >= 15 is 0 Å². The van der Waals surface area contributed by atoms with Crippen molar-refractivity contribution in [3.63, 3.8) is 0 Å². The number of aromatic nitrogens is 1. The van der Waals surface area contributed by atoms with E-state index in [0.29, 0.717) is 21.9 Å².